The third-order valence-corrected chi connectivity index (χ3v) is 6.35. The van der Waals surface area contributed by atoms with Crippen molar-refractivity contribution >= 4 is 5.91 Å². The van der Waals surface area contributed by atoms with E-state index in [9.17, 15) is 4.79 Å². The van der Waals surface area contributed by atoms with Crippen LogP contribution in [0.2, 0.25) is 0 Å². The molecule has 2 heterocycles. The van der Waals surface area contributed by atoms with Crippen LogP contribution >= 0.6 is 0 Å². The maximum Gasteiger partial charge on any atom is 0.220 e. The van der Waals surface area contributed by atoms with E-state index < -0.39 is 0 Å². The number of nitrogens with zero attached hydrogens (tertiary/aromatic N) is 3. The molecular formula is C24H34N4O. The minimum absolute atomic E-state index is 0.199. The molecule has 1 N–H and O–H groups in total. The van der Waals surface area contributed by atoms with Crippen LogP contribution in [0.15, 0.2) is 30.5 Å². The summed E-state index contributed by atoms with van der Waals surface area (Å²) in [6, 6.07) is 9.41. The second kappa shape index (κ2) is 9.12. The summed E-state index contributed by atoms with van der Waals surface area (Å²) in [5, 5.41) is 7.53. The van der Waals surface area contributed by atoms with Gasteiger partial charge < -0.3 is 5.32 Å². The molecule has 1 aliphatic carbocycles. The van der Waals surface area contributed by atoms with E-state index >= 15 is 0 Å². The van der Waals surface area contributed by atoms with E-state index in [-0.39, 0.29) is 5.91 Å². The molecule has 0 spiro atoms. The fourth-order valence-electron chi connectivity index (χ4n) is 4.35. The first kappa shape index (κ1) is 20.1. The van der Waals surface area contributed by atoms with E-state index in [0.717, 1.165) is 37.4 Å². The highest BCUT2D eigenvalue weighted by atomic mass is 16.1. The van der Waals surface area contributed by atoms with Crippen LogP contribution in [-0.2, 0) is 31.2 Å². The molecule has 0 atom stereocenters. The summed E-state index contributed by atoms with van der Waals surface area (Å²) in [5.41, 5.74) is 5.20. The Kier molecular flexibility index (Phi) is 6.34. The van der Waals surface area contributed by atoms with Gasteiger partial charge in [-0.15, -0.1) is 0 Å². The van der Waals surface area contributed by atoms with E-state index in [1.807, 2.05) is 11.7 Å². The van der Waals surface area contributed by atoms with Crippen LogP contribution in [0, 0.1) is 12.8 Å². The first-order valence-electron chi connectivity index (χ1n) is 11.1. The van der Waals surface area contributed by atoms with Gasteiger partial charge in [0, 0.05) is 37.8 Å². The molecule has 2 aromatic rings. The van der Waals surface area contributed by atoms with Gasteiger partial charge >= 0.3 is 0 Å². The summed E-state index contributed by atoms with van der Waals surface area (Å²) >= 11 is 0. The summed E-state index contributed by atoms with van der Waals surface area (Å²) < 4.78 is 1.92. The Morgan fingerprint density at radius 3 is 2.41 bits per heavy atom. The summed E-state index contributed by atoms with van der Waals surface area (Å²) in [7, 11) is 2.00. The van der Waals surface area contributed by atoms with Gasteiger partial charge in [-0.1, -0.05) is 24.3 Å². The van der Waals surface area contributed by atoms with Crippen molar-refractivity contribution < 1.29 is 4.79 Å². The zero-order valence-electron chi connectivity index (χ0n) is 17.9. The number of carbonyl (C=O) groups excluding carboxylic acids is 1. The van der Waals surface area contributed by atoms with Crippen LogP contribution < -0.4 is 5.32 Å². The molecule has 5 nitrogen and oxygen atoms in total. The number of rotatable bonds is 8. The molecule has 1 aromatic carbocycles. The Bertz CT molecular complexity index is 814. The number of piperidine rings is 1. The monoisotopic (exact) mass is 394 g/mol. The molecule has 29 heavy (non-hydrogen) atoms. The third kappa shape index (κ3) is 5.92. The highest BCUT2D eigenvalue weighted by molar-refractivity contribution is 5.76. The van der Waals surface area contributed by atoms with Crippen molar-refractivity contribution in [3.05, 3.63) is 52.8 Å². The number of amides is 1. The molecule has 1 saturated heterocycles. The summed E-state index contributed by atoms with van der Waals surface area (Å²) in [6.07, 6.45) is 9.60. The molecule has 1 saturated carbocycles. The Hall–Kier alpha value is -2.14. The van der Waals surface area contributed by atoms with Gasteiger partial charge in [0.05, 0.1) is 5.69 Å². The maximum atomic E-state index is 11.8. The van der Waals surface area contributed by atoms with Gasteiger partial charge in [-0.25, -0.2) is 0 Å². The molecule has 5 heteroatoms. The quantitative estimate of drug-likeness (QED) is 0.747. The van der Waals surface area contributed by atoms with Crippen molar-refractivity contribution in [1.82, 2.24) is 20.0 Å². The zero-order valence-corrected chi connectivity index (χ0v) is 17.9. The number of hydrogen-bond donors (Lipinski definition) is 1. The lowest BCUT2D eigenvalue weighted by molar-refractivity contribution is -0.121. The standard InChI is InChI=1S/C24H34N4O/c1-18-22(16-27(2)26-18)17-28-13-11-21(12-14-28)15-20-5-3-19(4-6-20)7-10-24(29)25-23-8-9-23/h3-6,16,21,23H,7-15,17H2,1-2H3,(H,25,29). The minimum Gasteiger partial charge on any atom is -0.353 e. The smallest absolute Gasteiger partial charge is 0.220 e. The normalized spacial score (nSPS) is 18.1. The van der Waals surface area contributed by atoms with Crippen LogP contribution in [0.4, 0.5) is 0 Å². The van der Waals surface area contributed by atoms with E-state index in [0.29, 0.717) is 12.5 Å². The van der Waals surface area contributed by atoms with E-state index in [2.05, 4.69) is 52.7 Å². The lowest BCUT2D eigenvalue weighted by Gasteiger charge is -2.32. The lowest BCUT2D eigenvalue weighted by atomic mass is 9.89. The summed E-state index contributed by atoms with van der Waals surface area (Å²) in [6.45, 7) is 5.47. The van der Waals surface area contributed by atoms with Crippen molar-refractivity contribution in [3.8, 4) is 0 Å². The van der Waals surface area contributed by atoms with Gasteiger partial charge in [0.25, 0.3) is 0 Å². The Balaban J connectivity index is 1.19. The molecule has 2 aliphatic rings. The lowest BCUT2D eigenvalue weighted by Crippen LogP contribution is -2.33. The van der Waals surface area contributed by atoms with Gasteiger partial charge in [-0.05, 0) is 75.6 Å². The van der Waals surface area contributed by atoms with Crippen LogP contribution in [-0.4, -0.2) is 39.7 Å². The number of nitrogens with one attached hydrogen (secondary N) is 1. The Morgan fingerprint density at radius 1 is 1.10 bits per heavy atom. The van der Waals surface area contributed by atoms with Crippen molar-refractivity contribution in [1.29, 1.82) is 0 Å². The number of hydrogen-bond acceptors (Lipinski definition) is 3. The van der Waals surface area contributed by atoms with Gasteiger partial charge in [0.15, 0.2) is 0 Å². The SMILES string of the molecule is Cc1nn(C)cc1CN1CCC(Cc2ccc(CCC(=O)NC3CC3)cc2)CC1. The van der Waals surface area contributed by atoms with Gasteiger partial charge in [0.1, 0.15) is 0 Å². The predicted molar refractivity (Wildman–Crippen MR) is 116 cm³/mol. The third-order valence-electron chi connectivity index (χ3n) is 6.35. The zero-order chi connectivity index (χ0) is 20.2. The molecular weight excluding hydrogens is 360 g/mol. The fourth-order valence-corrected chi connectivity index (χ4v) is 4.35. The van der Waals surface area contributed by atoms with Crippen molar-refractivity contribution in [3.63, 3.8) is 0 Å². The number of aryl methyl sites for hydroxylation is 3. The largest absolute Gasteiger partial charge is 0.353 e. The van der Waals surface area contributed by atoms with Crippen molar-refractivity contribution in [2.75, 3.05) is 13.1 Å². The number of likely N-dealkylation sites (tertiary alicyclic amines) is 1. The van der Waals surface area contributed by atoms with E-state index in [4.69, 9.17) is 0 Å². The fraction of sp³-hybridized carbons (Fsp3) is 0.583. The van der Waals surface area contributed by atoms with Crippen LogP contribution in [0.25, 0.3) is 0 Å². The molecule has 4 rings (SSSR count). The minimum atomic E-state index is 0.199. The van der Waals surface area contributed by atoms with Crippen LogP contribution in [0.5, 0.6) is 0 Å². The second-order valence-electron chi connectivity index (χ2n) is 9.00. The average Bonchev–Trinajstić information content (AvgIpc) is 3.46. The summed E-state index contributed by atoms with van der Waals surface area (Å²) in [4.78, 5) is 14.4. The van der Waals surface area contributed by atoms with Gasteiger partial charge in [-0.2, -0.15) is 5.10 Å². The van der Waals surface area contributed by atoms with E-state index in [1.54, 1.807) is 0 Å². The molecule has 1 amide bonds. The maximum absolute atomic E-state index is 11.8. The van der Waals surface area contributed by atoms with Crippen molar-refractivity contribution in [2.24, 2.45) is 13.0 Å². The van der Waals surface area contributed by atoms with Crippen molar-refractivity contribution in [2.45, 2.75) is 64.5 Å². The highest BCUT2D eigenvalue weighted by Gasteiger charge is 2.23. The van der Waals surface area contributed by atoms with Gasteiger partial charge in [-0.3, -0.25) is 14.4 Å². The second-order valence-corrected chi connectivity index (χ2v) is 9.00. The number of aromatic nitrogens is 2. The highest BCUT2D eigenvalue weighted by Crippen LogP contribution is 2.24. The molecule has 0 bridgehead atoms. The first-order valence-corrected chi connectivity index (χ1v) is 11.1. The predicted octanol–water partition coefficient (Wildman–Crippen LogP) is 3.39. The molecule has 1 aromatic heterocycles. The molecule has 0 radical (unpaired) electrons. The summed E-state index contributed by atoms with van der Waals surface area (Å²) in [5.74, 6) is 0.973. The van der Waals surface area contributed by atoms with Crippen LogP contribution in [0.1, 0.15) is 54.5 Å². The molecule has 0 unspecified atom stereocenters. The van der Waals surface area contributed by atoms with Gasteiger partial charge in [0.2, 0.25) is 5.91 Å². The van der Waals surface area contributed by atoms with E-state index in [1.165, 1.54) is 49.0 Å². The Morgan fingerprint density at radius 2 is 1.79 bits per heavy atom. The van der Waals surface area contributed by atoms with Crippen LogP contribution in [0.3, 0.4) is 0 Å². The molecule has 156 valence electrons. The first-order chi connectivity index (χ1) is 14.0. The Labute approximate surface area is 174 Å². The molecule has 2 fully saturated rings. The number of carbonyl (C=O) groups is 1. The average molecular weight is 395 g/mol. The number of benzene rings is 1. The molecule has 1 aliphatic heterocycles. The topological polar surface area (TPSA) is 50.2 Å².